The van der Waals surface area contributed by atoms with Crippen LogP contribution in [0.4, 0.5) is 5.13 Å². The molecule has 2 N–H and O–H groups in total. The van der Waals surface area contributed by atoms with E-state index in [9.17, 15) is 10.1 Å². The maximum Gasteiger partial charge on any atom is 0.244 e. The number of amides is 1. The van der Waals surface area contributed by atoms with Crippen LogP contribution in [0.5, 0.6) is 0 Å². The van der Waals surface area contributed by atoms with E-state index in [0.29, 0.717) is 30.2 Å². The highest BCUT2D eigenvalue weighted by Gasteiger charge is 2.23. The summed E-state index contributed by atoms with van der Waals surface area (Å²) in [6.45, 7) is 1.41. The van der Waals surface area contributed by atoms with Crippen LogP contribution < -0.4 is 5.73 Å². The number of hydrogen-bond acceptors (Lipinski definition) is 6. The number of anilines is 1. The number of aromatic nitrogens is 3. The molecule has 1 aliphatic rings. The average Bonchev–Trinajstić information content (AvgIpc) is 3.36. The lowest BCUT2D eigenvalue weighted by Gasteiger charge is -2.20. The number of carbonyl (C=O) groups excluding carboxylic acids is 1. The van der Waals surface area contributed by atoms with Gasteiger partial charge < -0.3 is 10.6 Å². The Bertz CT molecular complexity index is 1330. The highest BCUT2D eigenvalue weighted by Crippen LogP contribution is 2.28. The van der Waals surface area contributed by atoms with E-state index in [-0.39, 0.29) is 12.5 Å². The molecule has 0 radical (unpaired) electrons. The van der Waals surface area contributed by atoms with Gasteiger partial charge in [0.05, 0.1) is 28.7 Å². The second-order valence-electron chi connectivity index (χ2n) is 7.93. The molecule has 0 aliphatic carbocycles. The molecule has 0 spiro atoms. The van der Waals surface area contributed by atoms with E-state index >= 15 is 0 Å². The Kier molecular flexibility index (Phi) is 5.63. The molecule has 5 rings (SSSR count). The van der Waals surface area contributed by atoms with Crippen LogP contribution >= 0.6 is 11.3 Å². The van der Waals surface area contributed by atoms with Gasteiger partial charge in [-0.25, -0.2) is 4.98 Å². The molecule has 2 aromatic heterocycles. The van der Waals surface area contributed by atoms with Crippen molar-refractivity contribution in [2.24, 2.45) is 0 Å². The van der Waals surface area contributed by atoms with Gasteiger partial charge >= 0.3 is 0 Å². The number of rotatable bonds is 4. The summed E-state index contributed by atoms with van der Waals surface area (Å²) in [4.78, 5) is 20.7. The monoisotopic (exact) mass is 454 g/mol. The zero-order valence-electron chi connectivity index (χ0n) is 17.9. The van der Waals surface area contributed by atoms with Crippen molar-refractivity contribution in [3.05, 3.63) is 76.8 Å². The number of nitrogen functional groups attached to an aromatic ring is 1. The zero-order valence-corrected chi connectivity index (χ0v) is 18.8. The third-order valence-electron chi connectivity index (χ3n) is 5.80. The van der Waals surface area contributed by atoms with Crippen molar-refractivity contribution >= 4 is 22.4 Å². The zero-order chi connectivity index (χ0) is 22.8. The number of thiazole rings is 1. The smallest absolute Gasteiger partial charge is 0.244 e. The number of benzene rings is 2. The van der Waals surface area contributed by atoms with Crippen LogP contribution in [0.25, 0.3) is 22.5 Å². The largest absolute Gasteiger partial charge is 0.375 e. The molecule has 0 atom stereocenters. The number of nitrogens with two attached hydrogens (primary N) is 1. The van der Waals surface area contributed by atoms with Gasteiger partial charge in [-0.05, 0) is 23.8 Å². The Hall–Kier alpha value is -3.96. The highest BCUT2D eigenvalue weighted by atomic mass is 32.1. The van der Waals surface area contributed by atoms with Crippen molar-refractivity contribution < 1.29 is 4.79 Å². The molecule has 1 aliphatic heterocycles. The van der Waals surface area contributed by atoms with Gasteiger partial charge in [-0.15, -0.1) is 11.3 Å². The van der Waals surface area contributed by atoms with Crippen LogP contribution in [0.1, 0.15) is 16.1 Å². The topological polar surface area (TPSA) is 101 Å². The molecule has 0 fully saturated rings. The SMILES string of the molecule is N#Cc1cccc(-c2cc(-c3ccccc3)n(CC(=O)N3CCc4nc(N)sc4CC3)n2)c1. The second kappa shape index (κ2) is 8.88. The van der Waals surface area contributed by atoms with E-state index in [1.165, 1.54) is 16.2 Å². The van der Waals surface area contributed by atoms with E-state index in [1.807, 2.05) is 59.5 Å². The number of fused-ring (bicyclic) bond motifs is 1. The van der Waals surface area contributed by atoms with E-state index in [1.54, 1.807) is 10.7 Å². The quantitative estimate of drug-likeness (QED) is 0.506. The minimum atomic E-state index is 0.0238. The molecule has 7 nitrogen and oxygen atoms in total. The minimum absolute atomic E-state index is 0.0238. The van der Waals surface area contributed by atoms with E-state index in [4.69, 9.17) is 10.8 Å². The fourth-order valence-corrected chi connectivity index (χ4v) is 5.00. The summed E-state index contributed by atoms with van der Waals surface area (Å²) in [5.74, 6) is 0.0238. The van der Waals surface area contributed by atoms with Gasteiger partial charge in [0, 0.05) is 36.4 Å². The molecule has 33 heavy (non-hydrogen) atoms. The fourth-order valence-electron chi connectivity index (χ4n) is 4.13. The molecule has 2 aromatic carbocycles. The summed E-state index contributed by atoms with van der Waals surface area (Å²) >= 11 is 1.51. The van der Waals surface area contributed by atoms with Crippen LogP contribution in [0.15, 0.2) is 60.7 Å². The summed E-state index contributed by atoms with van der Waals surface area (Å²) in [5, 5.41) is 14.6. The number of nitrogens with zero attached hydrogens (tertiary/aromatic N) is 5. The molecular weight excluding hydrogens is 432 g/mol. The van der Waals surface area contributed by atoms with Gasteiger partial charge in [0.2, 0.25) is 5.91 Å². The molecule has 1 amide bonds. The minimum Gasteiger partial charge on any atom is -0.375 e. The predicted molar refractivity (Wildman–Crippen MR) is 128 cm³/mol. The number of carbonyl (C=O) groups is 1. The Morgan fingerprint density at radius 3 is 2.67 bits per heavy atom. The van der Waals surface area contributed by atoms with Crippen LogP contribution in [0, 0.1) is 11.3 Å². The Morgan fingerprint density at radius 2 is 1.85 bits per heavy atom. The molecule has 0 saturated carbocycles. The van der Waals surface area contributed by atoms with Crippen LogP contribution in [-0.4, -0.2) is 38.7 Å². The third kappa shape index (κ3) is 4.36. The fraction of sp³-hybridized carbons (Fsp3) is 0.200. The predicted octanol–water partition coefficient (Wildman–Crippen LogP) is 3.75. The molecular formula is C25H22N6OS. The summed E-state index contributed by atoms with van der Waals surface area (Å²) < 4.78 is 1.77. The van der Waals surface area contributed by atoms with Gasteiger partial charge in [0.25, 0.3) is 0 Å². The first-order valence-corrected chi connectivity index (χ1v) is 11.6. The number of hydrogen-bond donors (Lipinski definition) is 1. The first kappa shape index (κ1) is 20.9. The van der Waals surface area contributed by atoms with Crippen molar-refractivity contribution in [3.8, 4) is 28.6 Å². The summed E-state index contributed by atoms with van der Waals surface area (Å²) in [7, 11) is 0. The van der Waals surface area contributed by atoms with Crippen molar-refractivity contribution in [2.45, 2.75) is 19.4 Å². The summed E-state index contributed by atoms with van der Waals surface area (Å²) in [5.41, 5.74) is 10.9. The molecule has 0 unspecified atom stereocenters. The van der Waals surface area contributed by atoms with E-state index in [0.717, 1.165) is 34.6 Å². The molecule has 0 bridgehead atoms. The molecule has 3 heterocycles. The van der Waals surface area contributed by atoms with Crippen molar-refractivity contribution in [1.29, 1.82) is 5.26 Å². The maximum atomic E-state index is 13.3. The first-order valence-electron chi connectivity index (χ1n) is 10.8. The lowest BCUT2D eigenvalue weighted by molar-refractivity contribution is -0.131. The molecule has 8 heteroatoms. The third-order valence-corrected chi connectivity index (χ3v) is 6.78. The van der Waals surface area contributed by atoms with Gasteiger partial charge in [-0.2, -0.15) is 10.4 Å². The summed E-state index contributed by atoms with van der Waals surface area (Å²) in [6, 6.07) is 21.4. The van der Waals surface area contributed by atoms with E-state index in [2.05, 4.69) is 11.1 Å². The average molecular weight is 455 g/mol. The van der Waals surface area contributed by atoms with Gasteiger partial charge in [-0.3, -0.25) is 9.48 Å². The van der Waals surface area contributed by atoms with Crippen LogP contribution in [0.2, 0.25) is 0 Å². The Balaban J connectivity index is 1.43. The van der Waals surface area contributed by atoms with Gasteiger partial charge in [-0.1, -0.05) is 42.5 Å². The lowest BCUT2D eigenvalue weighted by atomic mass is 10.1. The maximum absolute atomic E-state index is 13.3. The second-order valence-corrected chi connectivity index (χ2v) is 9.05. The molecule has 0 saturated heterocycles. The molecule has 4 aromatic rings. The van der Waals surface area contributed by atoms with Crippen molar-refractivity contribution in [2.75, 3.05) is 18.8 Å². The van der Waals surface area contributed by atoms with Gasteiger partial charge in [0.15, 0.2) is 5.13 Å². The van der Waals surface area contributed by atoms with Crippen LogP contribution in [0.3, 0.4) is 0 Å². The van der Waals surface area contributed by atoms with Crippen molar-refractivity contribution in [1.82, 2.24) is 19.7 Å². The molecule has 164 valence electrons. The summed E-state index contributed by atoms with van der Waals surface area (Å²) in [6.07, 6.45) is 1.48. The highest BCUT2D eigenvalue weighted by molar-refractivity contribution is 7.15. The van der Waals surface area contributed by atoms with Crippen LogP contribution in [-0.2, 0) is 24.2 Å². The normalized spacial score (nSPS) is 13.2. The van der Waals surface area contributed by atoms with E-state index < -0.39 is 0 Å². The van der Waals surface area contributed by atoms with Gasteiger partial charge in [0.1, 0.15) is 6.54 Å². The standard InChI is InChI=1S/C25H22N6OS/c26-15-17-5-4-8-19(13-17)21-14-22(18-6-2-1-3-7-18)31(29-21)16-24(32)30-11-9-20-23(10-12-30)33-25(27)28-20/h1-8,13-14H,9-12,16H2,(H2,27,28). The first-order chi connectivity index (χ1) is 16.1. The Morgan fingerprint density at radius 1 is 1.06 bits per heavy atom. The number of nitriles is 1. The Labute approximate surface area is 195 Å². The van der Waals surface area contributed by atoms with Crippen molar-refractivity contribution in [3.63, 3.8) is 0 Å². The lowest BCUT2D eigenvalue weighted by Crippen LogP contribution is -2.36.